The maximum Gasteiger partial charge on any atom is 0.243 e. The summed E-state index contributed by atoms with van der Waals surface area (Å²) >= 11 is 0. The Balaban J connectivity index is 2.23. The van der Waals surface area contributed by atoms with E-state index in [2.05, 4.69) is 4.90 Å². The molecule has 1 fully saturated rings. The van der Waals surface area contributed by atoms with Gasteiger partial charge in [-0.3, -0.25) is 0 Å². The van der Waals surface area contributed by atoms with E-state index in [-0.39, 0.29) is 4.90 Å². The summed E-state index contributed by atoms with van der Waals surface area (Å²) in [6.45, 7) is 4.82. The molecule has 4 nitrogen and oxygen atoms in total. The third-order valence-corrected chi connectivity index (χ3v) is 5.13. The highest BCUT2D eigenvalue weighted by atomic mass is 32.2. The first kappa shape index (κ1) is 14.4. The molecule has 1 heterocycles. The van der Waals surface area contributed by atoms with Crippen LogP contribution in [-0.4, -0.2) is 50.3 Å². The highest BCUT2D eigenvalue weighted by molar-refractivity contribution is 7.89. The van der Waals surface area contributed by atoms with Crippen molar-refractivity contribution in [1.82, 2.24) is 9.21 Å². The summed E-state index contributed by atoms with van der Waals surface area (Å²) in [5.41, 5.74) is 0. The molecule has 1 aliphatic heterocycles. The molecule has 1 aromatic carbocycles. The molecule has 0 radical (unpaired) electrons. The van der Waals surface area contributed by atoms with Gasteiger partial charge in [0.15, 0.2) is 0 Å². The Morgan fingerprint density at radius 2 is 1.58 bits per heavy atom. The lowest BCUT2D eigenvalue weighted by atomic mass is 10.3. The molecule has 0 spiro atoms. The predicted molar refractivity (Wildman–Crippen MR) is 67.2 cm³/mol. The van der Waals surface area contributed by atoms with Crippen LogP contribution in [0, 0.1) is 11.6 Å². The van der Waals surface area contributed by atoms with Crippen LogP contribution >= 0.6 is 0 Å². The smallest absolute Gasteiger partial charge is 0.243 e. The van der Waals surface area contributed by atoms with Crippen molar-refractivity contribution in [1.29, 1.82) is 0 Å². The maximum absolute atomic E-state index is 13.1. The van der Waals surface area contributed by atoms with Crippen molar-refractivity contribution >= 4 is 10.0 Å². The van der Waals surface area contributed by atoms with Gasteiger partial charge < -0.3 is 4.90 Å². The van der Waals surface area contributed by atoms with Crippen molar-refractivity contribution in [3.05, 3.63) is 29.8 Å². The van der Waals surface area contributed by atoms with Crippen LogP contribution in [0.1, 0.15) is 6.92 Å². The Morgan fingerprint density at radius 1 is 1.05 bits per heavy atom. The van der Waals surface area contributed by atoms with Crippen molar-refractivity contribution in [2.24, 2.45) is 0 Å². The number of likely N-dealkylation sites (N-methyl/N-ethyl adjacent to an activating group) is 1. The van der Waals surface area contributed by atoms with E-state index < -0.39 is 21.7 Å². The monoisotopic (exact) mass is 290 g/mol. The second-order valence-electron chi connectivity index (χ2n) is 4.44. The zero-order valence-corrected chi connectivity index (χ0v) is 11.5. The molecule has 0 bridgehead atoms. The van der Waals surface area contributed by atoms with Gasteiger partial charge in [0.1, 0.15) is 11.6 Å². The molecular formula is C12H16F2N2O2S. The highest BCUT2D eigenvalue weighted by Gasteiger charge is 2.28. The predicted octanol–water partition coefficient (Wildman–Crippen LogP) is 1.29. The van der Waals surface area contributed by atoms with E-state index in [9.17, 15) is 17.2 Å². The summed E-state index contributed by atoms with van der Waals surface area (Å²) in [4.78, 5) is 1.80. The number of hydrogen-bond acceptors (Lipinski definition) is 3. The average Bonchev–Trinajstić information content (AvgIpc) is 2.37. The fraction of sp³-hybridized carbons (Fsp3) is 0.500. The standard InChI is InChI=1S/C12H16F2N2O2S/c1-2-15-3-5-16(6-4-15)19(17,18)12-8-10(13)7-11(14)9-12/h7-9H,2-6H2,1H3. The van der Waals surface area contributed by atoms with Crippen LogP contribution in [0.5, 0.6) is 0 Å². The van der Waals surface area contributed by atoms with Crippen molar-refractivity contribution in [2.45, 2.75) is 11.8 Å². The molecule has 0 atom stereocenters. The molecule has 106 valence electrons. The highest BCUT2D eigenvalue weighted by Crippen LogP contribution is 2.19. The summed E-state index contributed by atoms with van der Waals surface area (Å²) < 4.78 is 52.0. The third-order valence-electron chi connectivity index (χ3n) is 3.25. The van der Waals surface area contributed by atoms with Gasteiger partial charge in [0, 0.05) is 32.2 Å². The lowest BCUT2D eigenvalue weighted by Gasteiger charge is -2.33. The second kappa shape index (κ2) is 5.52. The normalized spacial score (nSPS) is 18.7. The van der Waals surface area contributed by atoms with Gasteiger partial charge in [-0.05, 0) is 18.7 Å². The van der Waals surface area contributed by atoms with Gasteiger partial charge in [0.05, 0.1) is 4.90 Å². The van der Waals surface area contributed by atoms with E-state index in [4.69, 9.17) is 0 Å². The lowest BCUT2D eigenvalue weighted by molar-refractivity contribution is 0.196. The average molecular weight is 290 g/mol. The van der Waals surface area contributed by atoms with Gasteiger partial charge in [-0.25, -0.2) is 17.2 Å². The molecule has 1 aromatic rings. The van der Waals surface area contributed by atoms with Crippen LogP contribution in [-0.2, 0) is 10.0 Å². The van der Waals surface area contributed by atoms with E-state index in [1.807, 2.05) is 6.92 Å². The minimum absolute atomic E-state index is 0.324. The molecule has 0 aromatic heterocycles. The fourth-order valence-electron chi connectivity index (χ4n) is 2.11. The SMILES string of the molecule is CCN1CCN(S(=O)(=O)c2cc(F)cc(F)c2)CC1. The van der Waals surface area contributed by atoms with Crippen LogP contribution in [0.15, 0.2) is 23.1 Å². The number of piperazine rings is 1. The Morgan fingerprint density at radius 3 is 2.05 bits per heavy atom. The van der Waals surface area contributed by atoms with Gasteiger partial charge >= 0.3 is 0 Å². The minimum atomic E-state index is -3.81. The van der Waals surface area contributed by atoms with E-state index in [1.165, 1.54) is 4.31 Å². The number of benzene rings is 1. The zero-order chi connectivity index (χ0) is 14.0. The molecule has 0 aliphatic carbocycles. The van der Waals surface area contributed by atoms with Gasteiger partial charge in [0.2, 0.25) is 10.0 Å². The number of sulfonamides is 1. The first-order valence-electron chi connectivity index (χ1n) is 6.12. The van der Waals surface area contributed by atoms with E-state index in [1.54, 1.807) is 0 Å². The summed E-state index contributed by atoms with van der Waals surface area (Å²) in [7, 11) is -3.81. The fourth-order valence-corrected chi connectivity index (χ4v) is 3.58. The summed E-state index contributed by atoms with van der Waals surface area (Å²) in [6.07, 6.45) is 0. The molecule has 7 heteroatoms. The van der Waals surface area contributed by atoms with Gasteiger partial charge in [0.25, 0.3) is 0 Å². The summed E-state index contributed by atoms with van der Waals surface area (Å²) in [6, 6.07) is 2.36. The summed E-state index contributed by atoms with van der Waals surface area (Å²) in [5, 5.41) is 0. The molecule has 0 unspecified atom stereocenters. The molecular weight excluding hydrogens is 274 g/mol. The molecule has 2 rings (SSSR count). The van der Waals surface area contributed by atoms with Gasteiger partial charge in [-0.15, -0.1) is 0 Å². The number of nitrogens with zero attached hydrogens (tertiary/aromatic N) is 2. The van der Waals surface area contributed by atoms with Crippen LogP contribution in [0.3, 0.4) is 0 Å². The topological polar surface area (TPSA) is 40.6 Å². The molecule has 0 saturated carbocycles. The first-order chi connectivity index (χ1) is 8.93. The van der Waals surface area contributed by atoms with Gasteiger partial charge in [-0.1, -0.05) is 6.92 Å². The quantitative estimate of drug-likeness (QED) is 0.842. The van der Waals surface area contributed by atoms with Crippen LogP contribution < -0.4 is 0 Å². The largest absolute Gasteiger partial charge is 0.301 e. The van der Waals surface area contributed by atoms with Crippen molar-refractivity contribution in [3.8, 4) is 0 Å². The van der Waals surface area contributed by atoms with Crippen LogP contribution in [0.25, 0.3) is 0 Å². The second-order valence-corrected chi connectivity index (χ2v) is 6.38. The van der Waals surface area contributed by atoms with Crippen molar-refractivity contribution < 1.29 is 17.2 Å². The van der Waals surface area contributed by atoms with E-state index in [0.29, 0.717) is 32.2 Å². The third kappa shape index (κ3) is 3.10. The maximum atomic E-state index is 13.1. The Bertz CT molecular complexity index is 535. The molecule has 0 N–H and O–H groups in total. The number of rotatable bonds is 3. The van der Waals surface area contributed by atoms with Crippen LogP contribution in [0.2, 0.25) is 0 Å². The number of hydrogen-bond donors (Lipinski definition) is 0. The Labute approximate surface area is 111 Å². The molecule has 1 saturated heterocycles. The van der Waals surface area contributed by atoms with E-state index in [0.717, 1.165) is 18.7 Å². The Kier molecular flexibility index (Phi) is 4.17. The van der Waals surface area contributed by atoms with Crippen LogP contribution in [0.4, 0.5) is 8.78 Å². The van der Waals surface area contributed by atoms with Gasteiger partial charge in [-0.2, -0.15) is 4.31 Å². The van der Waals surface area contributed by atoms with Crippen molar-refractivity contribution in [3.63, 3.8) is 0 Å². The minimum Gasteiger partial charge on any atom is -0.301 e. The number of halogens is 2. The Hall–Kier alpha value is -1.05. The lowest BCUT2D eigenvalue weighted by Crippen LogP contribution is -2.48. The molecule has 1 aliphatic rings. The molecule has 0 amide bonds. The van der Waals surface area contributed by atoms with Crippen molar-refractivity contribution in [2.75, 3.05) is 32.7 Å². The summed E-state index contributed by atoms with van der Waals surface area (Å²) in [5.74, 6) is -1.77. The van der Waals surface area contributed by atoms with E-state index >= 15 is 0 Å². The first-order valence-corrected chi connectivity index (χ1v) is 7.56. The molecule has 19 heavy (non-hydrogen) atoms. The zero-order valence-electron chi connectivity index (χ0n) is 10.6.